The SMILES string of the molecule is COC1CCN(c2nc(C(F)F)nc3ccc(F)cc23)CC1. The van der Waals surface area contributed by atoms with Crippen molar-refractivity contribution < 1.29 is 17.9 Å². The number of piperidine rings is 1. The van der Waals surface area contributed by atoms with E-state index in [0.717, 1.165) is 12.8 Å². The summed E-state index contributed by atoms with van der Waals surface area (Å²) < 4.78 is 44.8. The molecule has 7 heteroatoms. The van der Waals surface area contributed by atoms with Gasteiger partial charge in [0.2, 0.25) is 0 Å². The summed E-state index contributed by atoms with van der Waals surface area (Å²) in [4.78, 5) is 9.69. The quantitative estimate of drug-likeness (QED) is 0.871. The standard InChI is InChI=1S/C15H16F3N3O/c1-22-10-4-6-21(7-5-10)15-11-8-9(16)2-3-12(11)19-14(20-15)13(17)18/h2-3,8,10,13H,4-7H2,1H3. The maximum absolute atomic E-state index is 13.5. The van der Waals surface area contributed by atoms with Crippen molar-refractivity contribution >= 4 is 16.7 Å². The van der Waals surface area contributed by atoms with Crippen LogP contribution in [0.25, 0.3) is 10.9 Å². The Kier molecular flexibility index (Phi) is 4.15. The monoisotopic (exact) mass is 311 g/mol. The minimum Gasteiger partial charge on any atom is -0.381 e. The van der Waals surface area contributed by atoms with Gasteiger partial charge >= 0.3 is 0 Å². The summed E-state index contributed by atoms with van der Waals surface area (Å²) in [6.45, 7) is 1.26. The number of alkyl halides is 2. The Morgan fingerprint density at radius 3 is 2.59 bits per heavy atom. The first-order valence-corrected chi connectivity index (χ1v) is 7.11. The molecule has 22 heavy (non-hydrogen) atoms. The molecule has 0 radical (unpaired) electrons. The zero-order valence-electron chi connectivity index (χ0n) is 12.1. The molecular weight excluding hydrogens is 295 g/mol. The van der Waals surface area contributed by atoms with Gasteiger partial charge in [-0.15, -0.1) is 0 Å². The van der Waals surface area contributed by atoms with Gasteiger partial charge in [0, 0.05) is 25.6 Å². The molecule has 0 saturated carbocycles. The number of nitrogens with zero attached hydrogens (tertiary/aromatic N) is 3. The Morgan fingerprint density at radius 2 is 1.95 bits per heavy atom. The van der Waals surface area contributed by atoms with E-state index >= 15 is 0 Å². The molecule has 1 aromatic carbocycles. The van der Waals surface area contributed by atoms with Gasteiger partial charge in [-0.25, -0.2) is 23.1 Å². The lowest BCUT2D eigenvalue weighted by Crippen LogP contribution is -2.37. The number of fused-ring (bicyclic) bond motifs is 1. The molecule has 1 fully saturated rings. The van der Waals surface area contributed by atoms with Crippen LogP contribution in [0.2, 0.25) is 0 Å². The van der Waals surface area contributed by atoms with Crippen molar-refractivity contribution in [3.05, 3.63) is 29.8 Å². The lowest BCUT2D eigenvalue weighted by atomic mass is 10.1. The summed E-state index contributed by atoms with van der Waals surface area (Å²) in [6, 6.07) is 3.91. The van der Waals surface area contributed by atoms with Crippen LogP contribution >= 0.6 is 0 Å². The molecule has 3 rings (SSSR count). The number of hydrogen-bond acceptors (Lipinski definition) is 4. The predicted octanol–water partition coefficient (Wildman–Crippen LogP) is 3.32. The largest absolute Gasteiger partial charge is 0.381 e. The van der Waals surface area contributed by atoms with E-state index in [-0.39, 0.29) is 6.10 Å². The van der Waals surface area contributed by atoms with Crippen LogP contribution in [0.4, 0.5) is 19.0 Å². The van der Waals surface area contributed by atoms with Gasteiger partial charge in [-0.05, 0) is 31.0 Å². The highest BCUT2D eigenvalue weighted by atomic mass is 19.3. The molecule has 0 N–H and O–H groups in total. The first-order chi connectivity index (χ1) is 10.6. The number of rotatable bonds is 3. The summed E-state index contributed by atoms with van der Waals surface area (Å²) in [6.07, 6.45) is -1.04. The number of hydrogen-bond donors (Lipinski definition) is 0. The van der Waals surface area contributed by atoms with Gasteiger partial charge in [-0.2, -0.15) is 0 Å². The molecule has 0 amide bonds. The number of methoxy groups -OCH3 is 1. The molecule has 0 bridgehead atoms. The van der Waals surface area contributed by atoms with E-state index < -0.39 is 18.1 Å². The summed E-state index contributed by atoms with van der Waals surface area (Å²) in [5.41, 5.74) is 0.329. The molecule has 1 aliphatic heterocycles. The third-order valence-electron chi connectivity index (χ3n) is 3.92. The number of anilines is 1. The molecule has 0 unspecified atom stereocenters. The van der Waals surface area contributed by atoms with Crippen LogP contribution in [0.1, 0.15) is 25.1 Å². The topological polar surface area (TPSA) is 38.2 Å². The van der Waals surface area contributed by atoms with Crippen LogP contribution in [0.5, 0.6) is 0 Å². The van der Waals surface area contributed by atoms with E-state index in [1.807, 2.05) is 4.90 Å². The van der Waals surface area contributed by atoms with E-state index in [4.69, 9.17) is 4.74 Å². The highest BCUT2D eigenvalue weighted by Crippen LogP contribution is 2.30. The summed E-state index contributed by atoms with van der Waals surface area (Å²) in [5.74, 6) is -0.591. The van der Waals surface area contributed by atoms with Crippen molar-refractivity contribution in [2.75, 3.05) is 25.1 Å². The Balaban J connectivity index is 2.04. The molecular formula is C15H16F3N3O. The van der Waals surface area contributed by atoms with Crippen molar-refractivity contribution in [2.24, 2.45) is 0 Å². The smallest absolute Gasteiger partial charge is 0.297 e. The van der Waals surface area contributed by atoms with E-state index in [9.17, 15) is 13.2 Å². The normalized spacial score (nSPS) is 16.7. The fraction of sp³-hybridized carbons (Fsp3) is 0.467. The average molecular weight is 311 g/mol. The van der Waals surface area contributed by atoms with Crippen LogP contribution in [0.3, 0.4) is 0 Å². The van der Waals surface area contributed by atoms with E-state index in [1.54, 1.807) is 7.11 Å². The minimum atomic E-state index is -2.76. The van der Waals surface area contributed by atoms with Crippen molar-refractivity contribution in [1.29, 1.82) is 0 Å². The average Bonchev–Trinajstić information content (AvgIpc) is 2.54. The first kappa shape index (κ1) is 15.0. The molecule has 1 saturated heterocycles. The van der Waals surface area contributed by atoms with Gasteiger partial charge in [0.15, 0.2) is 5.82 Å². The van der Waals surface area contributed by atoms with Gasteiger partial charge in [0.1, 0.15) is 11.6 Å². The van der Waals surface area contributed by atoms with Crippen LogP contribution < -0.4 is 4.90 Å². The van der Waals surface area contributed by atoms with Gasteiger partial charge in [-0.1, -0.05) is 0 Å². The zero-order valence-corrected chi connectivity index (χ0v) is 12.1. The highest BCUT2D eigenvalue weighted by molar-refractivity contribution is 5.89. The molecule has 0 atom stereocenters. The Bertz CT molecular complexity index is 672. The highest BCUT2D eigenvalue weighted by Gasteiger charge is 2.24. The predicted molar refractivity (Wildman–Crippen MR) is 76.7 cm³/mol. The van der Waals surface area contributed by atoms with Crippen molar-refractivity contribution in [3.8, 4) is 0 Å². The van der Waals surface area contributed by atoms with E-state index in [2.05, 4.69) is 9.97 Å². The maximum Gasteiger partial charge on any atom is 0.297 e. The van der Waals surface area contributed by atoms with E-state index in [1.165, 1.54) is 18.2 Å². The lowest BCUT2D eigenvalue weighted by molar-refractivity contribution is 0.0817. The van der Waals surface area contributed by atoms with Gasteiger partial charge < -0.3 is 9.64 Å². The molecule has 2 aromatic rings. The van der Waals surface area contributed by atoms with Crippen LogP contribution in [0.15, 0.2) is 18.2 Å². The zero-order chi connectivity index (χ0) is 15.7. The molecule has 1 aliphatic rings. The second kappa shape index (κ2) is 6.08. The molecule has 118 valence electrons. The van der Waals surface area contributed by atoms with Gasteiger partial charge in [0.05, 0.1) is 11.6 Å². The number of benzene rings is 1. The summed E-state index contributed by atoms with van der Waals surface area (Å²) in [7, 11) is 1.66. The third kappa shape index (κ3) is 2.85. The van der Waals surface area contributed by atoms with Crippen LogP contribution in [0, 0.1) is 5.82 Å². The first-order valence-electron chi connectivity index (χ1n) is 7.11. The number of aromatic nitrogens is 2. The molecule has 4 nitrogen and oxygen atoms in total. The minimum absolute atomic E-state index is 0.163. The van der Waals surface area contributed by atoms with Gasteiger partial charge in [-0.3, -0.25) is 0 Å². The maximum atomic E-state index is 13.5. The third-order valence-corrected chi connectivity index (χ3v) is 3.92. The van der Waals surface area contributed by atoms with Crippen LogP contribution in [-0.2, 0) is 4.74 Å². The summed E-state index contributed by atoms with van der Waals surface area (Å²) >= 11 is 0. The lowest BCUT2D eigenvalue weighted by Gasteiger charge is -2.32. The molecule has 0 spiro atoms. The Morgan fingerprint density at radius 1 is 1.23 bits per heavy atom. The van der Waals surface area contributed by atoms with Crippen molar-refractivity contribution in [1.82, 2.24) is 9.97 Å². The van der Waals surface area contributed by atoms with E-state index in [0.29, 0.717) is 29.8 Å². The fourth-order valence-corrected chi connectivity index (χ4v) is 2.74. The summed E-state index contributed by atoms with van der Waals surface area (Å²) in [5, 5.41) is 0.459. The molecule has 1 aromatic heterocycles. The van der Waals surface area contributed by atoms with Crippen molar-refractivity contribution in [3.63, 3.8) is 0 Å². The van der Waals surface area contributed by atoms with Gasteiger partial charge in [0.25, 0.3) is 6.43 Å². The van der Waals surface area contributed by atoms with Crippen LogP contribution in [-0.4, -0.2) is 36.3 Å². The Labute approximate surface area is 125 Å². The molecule has 0 aliphatic carbocycles. The number of ether oxygens (including phenoxy) is 1. The Hall–Kier alpha value is -1.89. The molecule has 2 heterocycles. The fourth-order valence-electron chi connectivity index (χ4n) is 2.74. The second-order valence-corrected chi connectivity index (χ2v) is 5.29. The van der Waals surface area contributed by atoms with Crippen molar-refractivity contribution in [2.45, 2.75) is 25.4 Å². The number of halogens is 3. The second-order valence-electron chi connectivity index (χ2n) is 5.29.